The van der Waals surface area contributed by atoms with Crippen LogP contribution in [0.25, 0.3) is 0 Å². The van der Waals surface area contributed by atoms with Crippen LogP contribution < -0.4 is 10.1 Å². The highest BCUT2D eigenvalue weighted by molar-refractivity contribution is 5.98. The van der Waals surface area contributed by atoms with Crippen molar-refractivity contribution in [1.82, 2.24) is 4.90 Å². The van der Waals surface area contributed by atoms with E-state index in [1.807, 2.05) is 30.3 Å². The average Bonchev–Trinajstić information content (AvgIpc) is 2.75. The van der Waals surface area contributed by atoms with Crippen molar-refractivity contribution in [3.63, 3.8) is 0 Å². The van der Waals surface area contributed by atoms with E-state index in [1.54, 1.807) is 66.9 Å². The van der Waals surface area contributed by atoms with Gasteiger partial charge in [-0.3, -0.25) is 4.79 Å². The summed E-state index contributed by atoms with van der Waals surface area (Å²) in [5.74, 6) is 0.555. The van der Waals surface area contributed by atoms with Gasteiger partial charge in [0, 0.05) is 36.3 Å². The number of amides is 2. The first-order valence-corrected chi connectivity index (χ1v) is 11.5. The van der Waals surface area contributed by atoms with Crippen molar-refractivity contribution in [3.8, 4) is 5.75 Å². The Hall–Kier alpha value is -3.55. The Morgan fingerprint density at radius 3 is 2.03 bits per heavy atom. The number of benzene rings is 2. The van der Waals surface area contributed by atoms with Gasteiger partial charge in [0.1, 0.15) is 17.0 Å². The third kappa shape index (κ3) is 9.31. The van der Waals surface area contributed by atoms with Crippen LogP contribution in [0.1, 0.15) is 63.9 Å². The fourth-order valence-corrected chi connectivity index (χ4v) is 3.10. The summed E-state index contributed by atoms with van der Waals surface area (Å²) >= 11 is 0. The van der Waals surface area contributed by atoms with Crippen molar-refractivity contribution in [2.24, 2.45) is 0 Å². The summed E-state index contributed by atoms with van der Waals surface area (Å²) in [7, 11) is 1.62. The van der Waals surface area contributed by atoms with E-state index < -0.39 is 23.4 Å². The van der Waals surface area contributed by atoms with Crippen molar-refractivity contribution < 1.29 is 28.6 Å². The molecule has 0 saturated heterocycles. The minimum atomic E-state index is -0.855. The number of nitrogens with zero attached hydrogens (tertiary/aromatic N) is 1. The van der Waals surface area contributed by atoms with Crippen LogP contribution in [0, 0.1) is 0 Å². The third-order valence-electron chi connectivity index (χ3n) is 4.65. The van der Waals surface area contributed by atoms with Gasteiger partial charge in [-0.25, -0.2) is 14.5 Å². The van der Waals surface area contributed by atoms with Crippen LogP contribution in [0.2, 0.25) is 0 Å². The lowest BCUT2D eigenvalue weighted by Gasteiger charge is -2.28. The molecule has 0 aromatic heterocycles. The normalized spacial score (nSPS) is 11.4. The molecule has 0 aliphatic carbocycles. The zero-order valence-corrected chi connectivity index (χ0v) is 21.6. The lowest BCUT2D eigenvalue weighted by Crippen LogP contribution is -2.44. The quantitative estimate of drug-likeness (QED) is 0.456. The monoisotopic (exact) mass is 484 g/mol. The molecule has 2 amide bonds. The summed E-state index contributed by atoms with van der Waals surface area (Å²) in [6.45, 7) is 10.6. The second-order valence-corrected chi connectivity index (χ2v) is 10.0. The fourth-order valence-electron chi connectivity index (χ4n) is 3.10. The van der Waals surface area contributed by atoms with Gasteiger partial charge in [0.25, 0.3) is 0 Å². The van der Waals surface area contributed by atoms with E-state index >= 15 is 0 Å². The first-order valence-electron chi connectivity index (χ1n) is 11.5. The molecule has 2 aromatic carbocycles. The average molecular weight is 485 g/mol. The van der Waals surface area contributed by atoms with Gasteiger partial charge in [0.15, 0.2) is 5.78 Å². The molecule has 0 saturated carbocycles. The fraction of sp³-hybridized carbons (Fsp3) is 0.444. The van der Waals surface area contributed by atoms with E-state index in [9.17, 15) is 14.4 Å². The Balaban J connectivity index is 2.08. The number of rotatable bonds is 8. The van der Waals surface area contributed by atoms with E-state index in [0.717, 1.165) is 21.9 Å². The number of carbonyl (C=O) groups is 3. The summed E-state index contributed by atoms with van der Waals surface area (Å²) in [5.41, 5.74) is 0.601. The van der Waals surface area contributed by atoms with Crippen molar-refractivity contribution in [3.05, 3.63) is 59.7 Å². The van der Waals surface area contributed by atoms with Crippen LogP contribution in [-0.2, 0) is 16.0 Å². The highest BCUT2D eigenvalue weighted by Gasteiger charge is 2.31. The molecule has 0 fully saturated rings. The second-order valence-electron chi connectivity index (χ2n) is 10.0. The Morgan fingerprint density at radius 1 is 0.857 bits per heavy atom. The molecule has 0 spiro atoms. The van der Waals surface area contributed by atoms with Gasteiger partial charge in [-0.1, -0.05) is 30.3 Å². The molecule has 0 atom stereocenters. The van der Waals surface area contributed by atoms with Gasteiger partial charge in [-0.05, 0) is 59.7 Å². The summed E-state index contributed by atoms with van der Waals surface area (Å²) in [4.78, 5) is 39.0. The van der Waals surface area contributed by atoms with Crippen molar-refractivity contribution in [2.45, 2.75) is 65.7 Å². The first kappa shape index (κ1) is 27.7. The molecule has 0 bridgehead atoms. The Morgan fingerprint density at radius 2 is 1.46 bits per heavy atom. The Bertz CT molecular complexity index is 1010. The predicted octanol–water partition coefficient (Wildman–Crippen LogP) is 6.05. The maximum absolute atomic E-state index is 12.9. The largest absolute Gasteiger partial charge is 0.496 e. The molecule has 8 heteroatoms. The summed E-state index contributed by atoms with van der Waals surface area (Å²) in [5, 5.41) is 3.29. The van der Waals surface area contributed by atoms with E-state index in [0.29, 0.717) is 12.1 Å². The molecule has 0 aliphatic heterocycles. The van der Waals surface area contributed by atoms with Crippen LogP contribution >= 0.6 is 0 Å². The van der Waals surface area contributed by atoms with Crippen LogP contribution in [0.15, 0.2) is 48.5 Å². The Kier molecular flexibility index (Phi) is 9.28. The highest BCUT2D eigenvalue weighted by atomic mass is 16.6. The molecular formula is C27H36N2O6. The molecule has 8 nitrogen and oxygen atoms in total. The molecule has 1 N–H and O–H groups in total. The zero-order chi connectivity index (χ0) is 26.2. The van der Waals surface area contributed by atoms with Gasteiger partial charge < -0.3 is 19.5 Å². The third-order valence-corrected chi connectivity index (χ3v) is 4.65. The van der Waals surface area contributed by atoms with Gasteiger partial charge in [-0.2, -0.15) is 0 Å². The maximum atomic E-state index is 12.9. The van der Waals surface area contributed by atoms with Gasteiger partial charge >= 0.3 is 12.2 Å². The summed E-state index contributed by atoms with van der Waals surface area (Å²) < 4.78 is 16.1. The first-order chi connectivity index (χ1) is 16.3. The minimum Gasteiger partial charge on any atom is -0.496 e. The standard InChI is InChI=1S/C27H36N2O6/c1-26(2,3)34-24(31)29(25(32)35-27(4,5)6)16-15-22(30)19-12-10-13-21(17-19)28-18-20-11-8-9-14-23(20)33-7/h8-14,17,28H,15-16,18H2,1-7H3. The Labute approximate surface area is 207 Å². The molecule has 0 unspecified atom stereocenters. The van der Waals surface area contributed by atoms with Gasteiger partial charge in [0.2, 0.25) is 0 Å². The molecular weight excluding hydrogens is 448 g/mol. The maximum Gasteiger partial charge on any atom is 0.419 e. The summed E-state index contributed by atoms with van der Waals surface area (Å²) in [6, 6.07) is 14.8. The number of carbonyl (C=O) groups excluding carboxylic acids is 3. The van der Waals surface area contributed by atoms with Crippen LogP contribution in [-0.4, -0.2) is 47.7 Å². The SMILES string of the molecule is COc1ccccc1CNc1cccc(C(=O)CCN(C(=O)OC(C)(C)C)C(=O)OC(C)(C)C)c1. The van der Waals surface area contributed by atoms with Gasteiger partial charge in [0.05, 0.1) is 7.11 Å². The predicted molar refractivity (Wildman–Crippen MR) is 135 cm³/mol. The van der Waals surface area contributed by atoms with Crippen molar-refractivity contribution in [2.75, 3.05) is 19.0 Å². The minimum absolute atomic E-state index is 0.0750. The molecule has 0 aliphatic rings. The number of hydrogen-bond donors (Lipinski definition) is 1. The number of para-hydroxylation sites is 1. The molecule has 190 valence electrons. The summed E-state index contributed by atoms with van der Waals surface area (Å²) in [6.07, 6.45) is -1.78. The number of ketones is 1. The molecule has 0 radical (unpaired) electrons. The van der Waals surface area contributed by atoms with E-state index in [4.69, 9.17) is 14.2 Å². The number of hydrogen-bond acceptors (Lipinski definition) is 7. The number of imide groups is 1. The van der Waals surface area contributed by atoms with Crippen LogP contribution in [0.3, 0.4) is 0 Å². The number of ether oxygens (including phenoxy) is 3. The zero-order valence-electron chi connectivity index (χ0n) is 21.6. The van der Waals surface area contributed by atoms with Gasteiger partial charge in [-0.15, -0.1) is 0 Å². The smallest absolute Gasteiger partial charge is 0.419 e. The number of nitrogens with one attached hydrogen (secondary N) is 1. The van der Waals surface area contributed by atoms with Crippen LogP contribution in [0.4, 0.5) is 15.3 Å². The number of methoxy groups -OCH3 is 1. The van der Waals surface area contributed by atoms with E-state index in [2.05, 4.69) is 5.32 Å². The van der Waals surface area contributed by atoms with Crippen LogP contribution in [0.5, 0.6) is 5.75 Å². The molecule has 0 heterocycles. The topological polar surface area (TPSA) is 94.2 Å². The lowest BCUT2D eigenvalue weighted by atomic mass is 10.1. The van der Waals surface area contributed by atoms with E-state index in [-0.39, 0.29) is 18.7 Å². The molecule has 35 heavy (non-hydrogen) atoms. The van der Waals surface area contributed by atoms with E-state index in [1.165, 1.54) is 0 Å². The molecule has 2 aromatic rings. The van der Waals surface area contributed by atoms with Crippen molar-refractivity contribution in [1.29, 1.82) is 0 Å². The van der Waals surface area contributed by atoms with Crippen molar-refractivity contribution >= 4 is 23.7 Å². The highest BCUT2D eigenvalue weighted by Crippen LogP contribution is 2.20. The lowest BCUT2D eigenvalue weighted by molar-refractivity contribution is 0.00166. The molecule has 2 rings (SSSR count). The number of Topliss-reactive ketones (excluding diaryl/α,β-unsaturated/α-hetero) is 1. The number of anilines is 1. The second kappa shape index (κ2) is 11.7.